The van der Waals surface area contributed by atoms with Crippen molar-refractivity contribution >= 4 is 16.9 Å². The molecule has 1 N–H and O–H groups in total. The van der Waals surface area contributed by atoms with Crippen molar-refractivity contribution in [2.75, 3.05) is 0 Å². The molecule has 5 heteroatoms. The fraction of sp³-hybridized carbons (Fsp3) is 0.143. The lowest BCUT2D eigenvalue weighted by Crippen LogP contribution is -2.35. The first-order valence-corrected chi connectivity index (χ1v) is 8.65. The lowest BCUT2D eigenvalue weighted by atomic mass is 10.0. The number of amides is 1. The highest BCUT2D eigenvalue weighted by molar-refractivity contribution is 5.86. The highest BCUT2D eigenvalue weighted by Crippen LogP contribution is 2.32. The summed E-state index contributed by atoms with van der Waals surface area (Å²) in [4.78, 5) is 14.5. The van der Waals surface area contributed by atoms with E-state index in [1.54, 1.807) is 0 Å². The first-order valence-electron chi connectivity index (χ1n) is 8.65. The molecular weight excluding hydrogens is 326 g/mol. The van der Waals surface area contributed by atoms with Crippen LogP contribution in [-0.2, 0) is 24.3 Å². The second-order valence-corrected chi connectivity index (χ2v) is 6.59. The van der Waals surface area contributed by atoms with Crippen LogP contribution in [0.1, 0.15) is 16.8 Å². The maximum absolute atomic E-state index is 12.7. The molecule has 1 amide bonds. The van der Waals surface area contributed by atoms with Gasteiger partial charge in [-0.25, -0.2) is 0 Å². The van der Waals surface area contributed by atoms with Crippen molar-refractivity contribution in [3.05, 3.63) is 77.5 Å². The normalized spacial score (nSPS) is 14.0. The number of rotatable bonds is 3. The highest BCUT2D eigenvalue weighted by Gasteiger charge is 2.29. The largest absolute Gasteiger partial charge is 0.454 e. The van der Waals surface area contributed by atoms with E-state index in [4.69, 9.17) is 4.42 Å². The van der Waals surface area contributed by atoms with Crippen LogP contribution in [0, 0.1) is 0 Å². The number of H-pyrrole nitrogens is 1. The van der Waals surface area contributed by atoms with E-state index in [1.165, 1.54) is 0 Å². The Kier molecular flexibility index (Phi) is 3.38. The standard InChI is InChI=1S/C21H17N3O2/c25-20-11-16-17(13-24(20)12-14-6-2-1-3-7-14)22-23-21(16)19-10-15-8-4-5-9-18(15)26-19/h1-10H,11-13H2,(H,22,23). The number of hydrogen-bond donors (Lipinski definition) is 1. The molecular formula is C21H17N3O2. The fourth-order valence-electron chi connectivity index (χ4n) is 3.51. The van der Waals surface area contributed by atoms with Crippen LogP contribution in [0.3, 0.4) is 0 Å². The monoisotopic (exact) mass is 343 g/mol. The van der Waals surface area contributed by atoms with Crippen LogP contribution < -0.4 is 0 Å². The van der Waals surface area contributed by atoms with Crippen molar-refractivity contribution in [3.8, 4) is 11.5 Å². The molecule has 0 atom stereocenters. The Morgan fingerprint density at radius 3 is 2.73 bits per heavy atom. The molecule has 0 saturated carbocycles. The lowest BCUT2D eigenvalue weighted by Gasteiger charge is -2.26. The number of fused-ring (bicyclic) bond motifs is 2. The van der Waals surface area contributed by atoms with Gasteiger partial charge < -0.3 is 9.32 Å². The molecule has 5 nitrogen and oxygen atoms in total. The Morgan fingerprint density at radius 2 is 1.88 bits per heavy atom. The molecule has 26 heavy (non-hydrogen) atoms. The summed E-state index contributed by atoms with van der Waals surface area (Å²) in [5, 5.41) is 8.58. The van der Waals surface area contributed by atoms with Gasteiger partial charge in [0.25, 0.3) is 0 Å². The molecule has 5 rings (SSSR count). The third-order valence-electron chi connectivity index (χ3n) is 4.86. The Labute approximate surface area is 150 Å². The average molecular weight is 343 g/mol. The van der Waals surface area contributed by atoms with E-state index in [2.05, 4.69) is 10.2 Å². The topological polar surface area (TPSA) is 62.1 Å². The number of benzene rings is 2. The maximum Gasteiger partial charge on any atom is 0.227 e. The van der Waals surface area contributed by atoms with Crippen LogP contribution in [0.5, 0.6) is 0 Å². The number of aromatic nitrogens is 2. The zero-order valence-corrected chi connectivity index (χ0v) is 14.1. The molecule has 0 aliphatic carbocycles. The van der Waals surface area contributed by atoms with Crippen LogP contribution in [0.15, 0.2) is 65.1 Å². The Balaban J connectivity index is 1.46. The van der Waals surface area contributed by atoms with Crippen molar-refractivity contribution < 1.29 is 9.21 Å². The van der Waals surface area contributed by atoms with E-state index in [0.29, 0.717) is 25.3 Å². The van der Waals surface area contributed by atoms with E-state index >= 15 is 0 Å². The first kappa shape index (κ1) is 15.0. The third-order valence-corrected chi connectivity index (χ3v) is 4.86. The summed E-state index contributed by atoms with van der Waals surface area (Å²) in [6.07, 6.45) is 0.338. The van der Waals surface area contributed by atoms with Crippen molar-refractivity contribution in [1.82, 2.24) is 15.1 Å². The van der Waals surface area contributed by atoms with Crippen molar-refractivity contribution in [1.29, 1.82) is 0 Å². The van der Waals surface area contributed by atoms with E-state index in [-0.39, 0.29) is 5.91 Å². The summed E-state index contributed by atoms with van der Waals surface area (Å²) >= 11 is 0. The summed E-state index contributed by atoms with van der Waals surface area (Å²) in [6.45, 7) is 1.15. The molecule has 0 bridgehead atoms. The minimum atomic E-state index is 0.111. The van der Waals surface area contributed by atoms with Gasteiger partial charge in [-0.15, -0.1) is 0 Å². The number of aromatic amines is 1. The van der Waals surface area contributed by atoms with Gasteiger partial charge in [0.05, 0.1) is 18.7 Å². The molecule has 1 aliphatic rings. The number of carbonyl (C=O) groups excluding carboxylic acids is 1. The predicted molar refractivity (Wildman–Crippen MR) is 98.2 cm³/mol. The molecule has 2 aromatic heterocycles. The summed E-state index contributed by atoms with van der Waals surface area (Å²) < 4.78 is 5.93. The molecule has 4 aromatic rings. The van der Waals surface area contributed by atoms with Crippen molar-refractivity contribution in [2.45, 2.75) is 19.5 Å². The molecule has 1 aliphatic heterocycles. The molecule has 0 radical (unpaired) electrons. The van der Waals surface area contributed by atoms with Gasteiger partial charge in [0.15, 0.2) is 5.76 Å². The van der Waals surface area contributed by atoms with Crippen molar-refractivity contribution in [2.24, 2.45) is 0 Å². The molecule has 0 fully saturated rings. The molecule has 0 spiro atoms. The summed E-state index contributed by atoms with van der Waals surface area (Å²) in [5.74, 6) is 0.813. The number of carbonyl (C=O) groups is 1. The van der Waals surface area contributed by atoms with E-state index in [1.807, 2.05) is 65.6 Å². The van der Waals surface area contributed by atoms with Gasteiger partial charge in [-0.1, -0.05) is 48.5 Å². The van der Waals surface area contributed by atoms with E-state index in [0.717, 1.165) is 33.5 Å². The van der Waals surface area contributed by atoms with Crippen LogP contribution >= 0.6 is 0 Å². The number of nitrogens with zero attached hydrogens (tertiary/aromatic N) is 2. The van der Waals surface area contributed by atoms with Crippen LogP contribution in [0.25, 0.3) is 22.4 Å². The predicted octanol–water partition coefficient (Wildman–Crippen LogP) is 3.91. The third kappa shape index (κ3) is 2.49. The highest BCUT2D eigenvalue weighted by atomic mass is 16.3. The zero-order chi connectivity index (χ0) is 17.5. The molecule has 0 unspecified atom stereocenters. The van der Waals surface area contributed by atoms with E-state index < -0.39 is 0 Å². The quantitative estimate of drug-likeness (QED) is 0.613. The second kappa shape index (κ2) is 5.88. The van der Waals surface area contributed by atoms with Gasteiger partial charge in [0, 0.05) is 17.5 Å². The van der Waals surface area contributed by atoms with Crippen LogP contribution in [0.4, 0.5) is 0 Å². The Hall–Kier alpha value is -3.34. The molecule has 128 valence electrons. The zero-order valence-electron chi connectivity index (χ0n) is 14.1. The van der Waals surface area contributed by atoms with Gasteiger partial charge >= 0.3 is 0 Å². The SMILES string of the molecule is O=C1Cc2c(-c3cc4ccccc4o3)n[nH]c2CN1Cc1ccccc1. The fourth-order valence-corrected chi connectivity index (χ4v) is 3.51. The molecule has 2 aromatic carbocycles. The van der Waals surface area contributed by atoms with Gasteiger partial charge in [0.2, 0.25) is 5.91 Å². The first-order chi connectivity index (χ1) is 12.8. The van der Waals surface area contributed by atoms with Crippen LogP contribution in [-0.4, -0.2) is 21.0 Å². The maximum atomic E-state index is 12.7. The van der Waals surface area contributed by atoms with Gasteiger partial charge in [-0.2, -0.15) is 5.10 Å². The molecule has 0 saturated heterocycles. The Morgan fingerprint density at radius 1 is 1.08 bits per heavy atom. The van der Waals surface area contributed by atoms with Crippen molar-refractivity contribution in [3.63, 3.8) is 0 Å². The summed E-state index contributed by atoms with van der Waals surface area (Å²) in [7, 11) is 0. The number of furan rings is 1. The summed E-state index contributed by atoms with van der Waals surface area (Å²) in [6, 6.07) is 19.9. The minimum absolute atomic E-state index is 0.111. The van der Waals surface area contributed by atoms with Gasteiger partial charge in [-0.3, -0.25) is 9.89 Å². The minimum Gasteiger partial charge on any atom is -0.454 e. The van der Waals surface area contributed by atoms with Gasteiger partial charge in [0.1, 0.15) is 11.3 Å². The second-order valence-electron chi connectivity index (χ2n) is 6.59. The lowest BCUT2D eigenvalue weighted by molar-refractivity contribution is -0.132. The Bertz CT molecular complexity index is 1060. The number of hydrogen-bond acceptors (Lipinski definition) is 3. The van der Waals surface area contributed by atoms with Crippen LogP contribution in [0.2, 0.25) is 0 Å². The van der Waals surface area contributed by atoms with E-state index in [9.17, 15) is 4.79 Å². The smallest absolute Gasteiger partial charge is 0.227 e. The number of para-hydroxylation sites is 1. The summed E-state index contributed by atoms with van der Waals surface area (Å²) in [5.41, 5.74) is 4.62. The van der Waals surface area contributed by atoms with Gasteiger partial charge in [-0.05, 0) is 17.7 Å². The average Bonchev–Trinajstić information content (AvgIpc) is 3.26. The number of nitrogens with one attached hydrogen (secondary N) is 1. The molecule has 3 heterocycles.